The van der Waals surface area contributed by atoms with Crippen LogP contribution in [0.25, 0.3) is 10.8 Å². The number of allylic oxidation sites excluding steroid dienone is 2. The van der Waals surface area contributed by atoms with E-state index in [1.165, 1.54) is 4.90 Å². The number of nitrogens with zero attached hydrogens (tertiary/aromatic N) is 2. The van der Waals surface area contributed by atoms with Crippen LogP contribution in [-0.2, 0) is 33.9 Å². The molecule has 2 aromatic rings. The number of halogens is 3. The molecule has 3 fully saturated rings. The molecule has 6 rings (SSSR count). The van der Waals surface area contributed by atoms with E-state index >= 15 is 0 Å². The third kappa shape index (κ3) is 9.63. The van der Waals surface area contributed by atoms with Crippen molar-refractivity contribution in [3.8, 4) is 11.6 Å². The lowest BCUT2D eigenvalue weighted by atomic mass is 9.82. The predicted octanol–water partition coefficient (Wildman–Crippen LogP) is 6.85. The molecule has 1 saturated heterocycles. The largest absolute Gasteiger partial charge is 0.494 e. The molecule has 0 unspecified atom stereocenters. The van der Waals surface area contributed by atoms with E-state index < -0.39 is 92.4 Å². The second kappa shape index (κ2) is 16.8. The third-order valence-corrected chi connectivity index (χ3v) is 13.9. The molecule has 0 bridgehead atoms. The van der Waals surface area contributed by atoms with Gasteiger partial charge < -0.3 is 19.1 Å². The van der Waals surface area contributed by atoms with Gasteiger partial charge in [0.05, 0.1) is 42.2 Å². The number of carbonyl (C=O) groups is 4. The minimum Gasteiger partial charge on any atom is -0.494 e. The third-order valence-electron chi connectivity index (χ3n) is 12.1. The van der Waals surface area contributed by atoms with Gasteiger partial charge in [-0.25, -0.2) is 13.4 Å². The number of aromatic nitrogens is 1. The van der Waals surface area contributed by atoms with Gasteiger partial charge in [-0.1, -0.05) is 32.9 Å². The Labute approximate surface area is 337 Å². The molecule has 2 amide bonds. The molecular formula is C42H54F3N3O9S. The lowest BCUT2D eigenvalue weighted by Crippen LogP contribution is -2.48. The number of Topliss-reactive ketones (excluding diaryl/α,β-unsaturated/α-hetero) is 1. The van der Waals surface area contributed by atoms with E-state index in [9.17, 15) is 40.8 Å². The zero-order chi connectivity index (χ0) is 42.2. The van der Waals surface area contributed by atoms with Gasteiger partial charge in [0.2, 0.25) is 33.3 Å². The van der Waals surface area contributed by atoms with Gasteiger partial charge in [0.25, 0.3) is 0 Å². The Morgan fingerprint density at radius 1 is 1.07 bits per heavy atom. The number of fused-ring (bicyclic) bond motifs is 3. The van der Waals surface area contributed by atoms with Crippen LogP contribution in [0.5, 0.6) is 11.6 Å². The first kappa shape index (κ1) is 43.4. The lowest BCUT2D eigenvalue weighted by Gasteiger charge is -2.33. The van der Waals surface area contributed by atoms with Gasteiger partial charge in [0, 0.05) is 24.4 Å². The van der Waals surface area contributed by atoms with Crippen LogP contribution in [0.15, 0.2) is 42.6 Å². The summed E-state index contributed by atoms with van der Waals surface area (Å²) in [7, 11) is -3.93. The molecule has 0 spiro atoms. The van der Waals surface area contributed by atoms with E-state index in [0.717, 1.165) is 25.7 Å². The average molecular weight is 834 g/mol. The summed E-state index contributed by atoms with van der Waals surface area (Å²) in [6.07, 6.45) is 2.33. The Balaban J connectivity index is 1.34. The SMILES string of the molecule is CCCOc1ccc2c(O[C@@H]3C[C@H]4C(=O)C[C@]5(C(=O)NS(=O)(=O)C6CC6)C[C@H]5/C=C\CC[C@@H](C)C[C@@H](C)[C@H](CC(=O)OC(C)(C)C(F)(F)F)C(=O)N4C3)nccc2c1. The normalized spacial score (nSPS) is 29.1. The summed E-state index contributed by atoms with van der Waals surface area (Å²) in [4.78, 5) is 62.3. The number of hydrogen-bond donors (Lipinski definition) is 1. The Morgan fingerprint density at radius 2 is 1.81 bits per heavy atom. The fraction of sp³-hybridized carbons (Fsp3) is 0.643. The number of esters is 1. The van der Waals surface area contributed by atoms with Crippen LogP contribution in [0, 0.1) is 29.1 Å². The molecule has 3 heterocycles. The highest BCUT2D eigenvalue weighted by Crippen LogP contribution is 2.57. The molecule has 0 radical (unpaired) electrons. The highest BCUT2D eigenvalue weighted by Gasteiger charge is 2.62. The van der Waals surface area contributed by atoms with Crippen molar-refractivity contribution in [1.29, 1.82) is 0 Å². The quantitative estimate of drug-likeness (QED) is 0.188. The summed E-state index contributed by atoms with van der Waals surface area (Å²) in [6, 6.07) is 6.09. The molecule has 58 heavy (non-hydrogen) atoms. The van der Waals surface area contributed by atoms with Crippen molar-refractivity contribution in [3.05, 3.63) is 42.6 Å². The molecule has 1 aromatic heterocycles. The number of amides is 2. The van der Waals surface area contributed by atoms with E-state index in [4.69, 9.17) is 14.2 Å². The predicted molar refractivity (Wildman–Crippen MR) is 208 cm³/mol. The minimum atomic E-state index is -4.86. The fourth-order valence-corrected chi connectivity index (χ4v) is 9.62. The first-order valence-electron chi connectivity index (χ1n) is 20.3. The van der Waals surface area contributed by atoms with E-state index in [2.05, 4.69) is 9.71 Å². The molecule has 12 nitrogen and oxygen atoms in total. The maximum absolute atomic E-state index is 14.8. The van der Waals surface area contributed by atoms with E-state index in [-0.39, 0.29) is 37.6 Å². The molecular weight excluding hydrogens is 780 g/mol. The number of ketones is 1. The van der Waals surface area contributed by atoms with Crippen molar-refractivity contribution in [3.63, 3.8) is 0 Å². The molecule has 2 saturated carbocycles. The van der Waals surface area contributed by atoms with Crippen molar-refractivity contribution >= 4 is 44.4 Å². The maximum Gasteiger partial charge on any atom is 0.427 e. The number of rotatable bonds is 11. The molecule has 1 aromatic carbocycles. The number of carbonyl (C=O) groups excluding carboxylic acids is 4. The highest BCUT2D eigenvalue weighted by molar-refractivity contribution is 7.90. The van der Waals surface area contributed by atoms with Gasteiger partial charge in [-0.3, -0.25) is 23.9 Å². The van der Waals surface area contributed by atoms with Gasteiger partial charge >= 0.3 is 12.1 Å². The van der Waals surface area contributed by atoms with Crippen LogP contribution >= 0.6 is 0 Å². The van der Waals surface area contributed by atoms with Crippen LogP contribution in [0.3, 0.4) is 0 Å². The van der Waals surface area contributed by atoms with Crippen LogP contribution in [0.1, 0.15) is 98.8 Å². The van der Waals surface area contributed by atoms with Gasteiger partial charge in [-0.2, -0.15) is 13.2 Å². The second-order valence-corrected chi connectivity index (χ2v) is 19.2. The molecule has 1 N–H and O–H groups in total. The number of sulfonamides is 1. The Morgan fingerprint density at radius 3 is 2.50 bits per heavy atom. The summed E-state index contributed by atoms with van der Waals surface area (Å²) in [5.41, 5.74) is -4.17. The molecule has 16 heteroatoms. The van der Waals surface area contributed by atoms with E-state index in [1.54, 1.807) is 31.3 Å². The maximum atomic E-state index is 14.8. The standard InChI is InChI=1S/C42H54F3N3O9S/c1-6-17-55-29-11-14-32-27(19-29)15-16-46-37(32)56-30-20-34-35(49)23-41(39(52)47-58(53,54)31-12-13-31)22-28(41)10-8-7-9-25(2)18-26(3)33(38(51)48(34)24-30)21-36(50)57-40(4,5)42(43,44)45/h8,10-11,14-16,19,25-26,28,30-31,33-34H,6-7,9,12-13,17-18,20-24H2,1-5H3,(H,47,52)/b10-8-/t25-,26-,28-,30-,33+,34+,41-/m1/s1. The van der Waals surface area contributed by atoms with Gasteiger partial charge in [-0.05, 0) is 106 Å². The van der Waals surface area contributed by atoms with Crippen molar-refractivity contribution in [2.45, 2.75) is 128 Å². The first-order valence-corrected chi connectivity index (χ1v) is 21.8. The van der Waals surface area contributed by atoms with Crippen molar-refractivity contribution < 1.29 is 55.0 Å². The second-order valence-electron chi connectivity index (χ2n) is 17.2. The Kier molecular flexibility index (Phi) is 12.6. The van der Waals surface area contributed by atoms with Crippen LogP contribution < -0.4 is 14.2 Å². The lowest BCUT2D eigenvalue weighted by molar-refractivity contribution is -0.257. The molecule has 4 aliphatic rings. The van der Waals surface area contributed by atoms with Crippen molar-refractivity contribution in [1.82, 2.24) is 14.6 Å². The number of ether oxygens (including phenoxy) is 3. The smallest absolute Gasteiger partial charge is 0.427 e. The molecule has 7 atom stereocenters. The van der Waals surface area contributed by atoms with Gasteiger partial charge in [0.1, 0.15) is 11.9 Å². The fourth-order valence-electron chi connectivity index (χ4n) is 8.24. The Hall–Kier alpha value is -4.21. The van der Waals surface area contributed by atoms with E-state index in [1.807, 2.05) is 32.1 Å². The van der Waals surface area contributed by atoms with Crippen LogP contribution in [0.4, 0.5) is 13.2 Å². The summed E-state index contributed by atoms with van der Waals surface area (Å²) in [6.45, 7) is 7.65. The summed E-state index contributed by atoms with van der Waals surface area (Å²) in [5.74, 6) is -4.20. The number of nitrogens with one attached hydrogen (secondary N) is 1. The number of hydrogen-bond acceptors (Lipinski definition) is 10. The molecule has 318 valence electrons. The van der Waals surface area contributed by atoms with Gasteiger partial charge in [-0.15, -0.1) is 0 Å². The number of pyridine rings is 1. The van der Waals surface area contributed by atoms with Crippen molar-refractivity contribution in [2.75, 3.05) is 13.2 Å². The Bertz CT molecular complexity index is 2040. The monoisotopic (exact) mass is 833 g/mol. The van der Waals surface area contributed by atoms with Gasteiger partial charge in [0.15, 0.2) is 5.78 Å². The summed E-state index contributed by atoms with van der Waals surface area (Å²) in [5, 5.41) is 0.777. The minimum absolute atomic E-state index is 0.0119. The summed E-state index contributed by atoms with van der Waals surface area (Å²) >= 11 is 0. The number of benzene rings is 1. The van der Waals surface area contributed by atoms with Crippen molar-refractivity contribution in [2.24, 2.45) is 29.1 Å². The topological polar surface area (TPSA) is 158 Å². The zero-order valence-electron chi connectivity index (χ0n) is 33.7. The average Bonchev–Trinajstić information content (AvgIpc) is 4.07. The van der Waals surface area contributed by atoms with E-state index in [0.29, 0.717) is 49.8 Å². The first-order chi connectivity index (χ1) is 27.2. The highest BCUT2D eigenvalue weighted by atomic mass is 32.2. The van der Waals surface area contributed by atoms with Crippen LogP contribution in [0.2, 0.25) is 0 Å². The molecule has 2 aliphatic heterocycles. The molecule has 2 aliphatic carbocycles. The number of alkyl halides is 3. The van der Waals surface area contributed by atoms with Crippen LogP contribution in [-0.4, -0.2) is 84.2 Å². The summed E-state index contributed by atoms with van der Waals surface area (Å²) < 4.78 is 86.5. The zero-order valence-corrected chi connectivity index (χ0v) is 34.5.